The Morgan fingerprint density at radius 1 is 1.30 bits per heavy atom. The summed E-state index contributed by atoms with van der Waals surface area (Å²) in [6.45, 7) is 0.613. The van der Waals surface area contributed by atoms with E-state index in [2.05, 4.69) is 9.36 Å². The van der Waals surface area contributed by atoms with Crippen LogP contribution in [0.5, 0.6) is 0 Å². The summed E-state index contributed by atoms with van der Waals surface area (Å²) in [6, 6.07) is 6.64. The van der Waals surface area contributed by atoms with Gasteiger partial charge in [-0.2, -0.15) is 4.37 Å². The molecular formula is C14H19FN4S. The average molecular weight is 294 g/mol. The molecule has 0 saturated heterocycles. The number of hydrogen-bond donors (Lipinski definition) is 2. The summed E-state index contributed by atoms with van der Waals surface area (Å²) in [6.07, 6.45) is 3.08. The van der Waals surface area contributed by atoms with Crippen LogP contribution in [-0.4, -0.2) is 21.9 Å². The van der Waals surface area contributed by atoms with E-state index in [1.54, 1.807) is 6.07 Å². The molecule has 0 fully saturated rings. The number of halogens is 1. The van der Waals surface area contributed by atoms with E-state index in [0.29, 0.717) is 13.0 Å². The minimum absolute atomic E-state index is 0.121. The van der Waals surface area contributed by atoms with Gasteiger partial charge in [-0.15, -0.1) is 0 Å². The Morgan fingerprint density at radius 3 is 2.90 bits per heavy atom. The normalized spacial score (nSPS) is 12.6. The zero-order chi connectivity index (χ0) is 14.4. The predicted octanol–water partition coefficient (Wildman–Crippen LogP) is 1.88. The molecular weight excluding hydrogens is 275 g/mol. The summed E-state index contributed by atoms with van der Waals surface area (Å²) in [4.78, 5) is 4.47. The van der Waals surface area contributed by atoms with E-state index in [0.717, 1.165) is 35.7 Å². The zero-order valence-corrected chi connectivity index (χ0v) is 12.1. The Labute approximate surface area is 122 Å². The van der Waals surface area contributed by atoms with Crippen LogP contribution in [0.15, 0.2) is 24.3 Å². The molecule has 0 saturated carbocycles. The number of benzene rings is 1. The molecule has 0 aliphatic heterocycles. The molecule has 0 aliphatic carbocycles. The summed E-state index contributed by atoms with van der Waals surface area (Å²) in [5.41, 5.74) is 12.3. The minimum Gasteiger partial charge on any atom is -0.330 e. The van der Waals surface area contributed by atoms with Crippen LogP contribution in [0.25, 0.3) is 0 Å². The van der Waals surface area contributed by atoms with E-state index in [1.807, 2.05) is 6.07 Å². The van der Waals surface area contributed by atoms with Gasteiger partial charge >= 0.3 is 0 Å². The summed E-state index contributed by atoms with van der Waals surface area (Å²) >= 11 is 1.39. The van der Waals surface area contributed by atoms with Crippen LogP contribution in [0.3, 0.4) is 0 Å². The Bertz CT molecular complexity index is 543. The van der Waals surface area contributed by atoms with Crippen LogP contribution in [0.1, 0.15) is 29.2 Å². The van der Waals surface area contributed by atoms with Crippen LogP contribution < -0.4 is 11.5 Å². The van der Waals surface area contributed by atoms with Gasteiger partial charge in [0.1, 0.15) is 16.6 Å². The molecule has 1 aromatic heterocycles. The number of aryl methyl sites for hydroxylation is 1. The first-order chi connectivity index (χ1) is 9.67. The molecule has 0 bridgehead atoms. The Kier molecular flexibility index (Phi) is 5.58. The average Bonchev–Trinajstić information content (AvgIpc) is 2.84. The monoisotopic (exact) mass is 294 g/mol. The van der Waals surface area contributed by atoms with Crippen molar-refractivity contribution >= 4 is 11.5 Å². The Hall–Kier alpha value is -1.37. The summed E-state index contributed by atoms with van der Waals surface area (Å²) in [5, 5.41) is 0.976. The van der Waals surface area contributed by atoms with Crippen molar-refractivity contribution in [2.75, 3.05) is 6.54 Å². The highest BCUT2D eigenvalue weighted by Crippen LogP contribution is 2.13. The highest BCUT2D eigenvalue weighted by molar-refractivity contribution is 7.05. The van der Waals surface area contributed by atoms with E-state index in [1.165, 1.54) is 23.7 Å². The topological polar surface area (TPSA) is 77.8 Å². The molecule has 108 valence electrons. The maximum absolute atomic E-state index is 13.1. The first kappa shape index (κ1) is 15.0. The fourth-order valence-corrected chi connectivity index (χ4v) is 2.63. The van der Waals surface area contributed by atoms with Crippen LogP contribution in [0.2, 0.25) is 0 Å². The quantitative estimate of drug-likeness (QED) is 0.817. The smallest absolute Gasteiger partial charge is 0.146 e. The molecule has 4 nitrogen and oxygen atoms in total. The molecule has 2 rings (SSSR count). The molecule has 4 N–H and O–H groups in total. The minimum atomic E-state index is -0.231. The summed E-state index contributed by atoms with van der Waals surface area (Å²) in [7, 11) is 0. The molecule has 20 heavy (non-hydrogen) atoms. The number of rotatable bonds is 7. The number of nitrogens with two attached hydrogens (primary N) is 2. The highest BCUT2D eigenvalue weighted by Gasteiger charge is 2.08. The molecule has 1 aromatic carbocycles. The zero-order valence-electron chi connectivity index (χ0n) is 11.3. The van der Waals surface area contributed by atoms with Crippen LogP contribution >= 0.6 is 11.5 Å². The largest absolute Gasteiger partial charge is 0.330 e. The van der Waals surface area contributed by atoms with Crippen LogP contribution in [0, 0.1) is 5.82 Å². The van der Waals surface area contributed by atoms with Gasteiger partial charge in [0.2, 0.25) is 0 Å². The Balaban J connectivity index is 1.89. The van der Waals surface area contributed by atoms with E-state index < -0.39 is 0 Å². The van der Waals surface area contributed by atoms with Crippen molar-refractivity contribution in [2.24, 2.45) is 11.5 Å². The number of hydrogen-bond acceptors (Lipinski definition) is 5. The standard InChI is InChI=1S/C14H19FN4S/c15-11-3-1-2-10(8-11)9-13-18-14(20-19-13)5-4-12(17)6-7-16/h1-3,8,12H,4-7,9,16-17H2. The van der Waals surface area contributed by atoms with Gasteiger partial charge < -0.3 is 11.5 Å². The van der Waals surface area contributed by atoms with Crippen molar-refractivity contribution in [3.8, 4) is 0 Å². The third kappa shape index (κ3) is 4.63. The second kappa shape index (κ2) is 7.42. The fraction of sp³-hybridized carbons (Fsp3) is 0.429. The van der Waals surface area contributed by atoms with Gasteiger partial charge in [-0.1, -0.05) is 12.1 Å². The molecule has 0 radical (unpaired) electrons. The van der Waals surface area contributed by atoms with E-state index in [9.17, 15) is 4.39 Å². The lowest BCUT2D eigenvalue weighted by molar-refractivity contribution is 0.574. The molecule has 0 aliphatic rings. The van der Waals surface area contributed by atoms with Crippen LogP contribution in [0.4, 0.5) is 4.39 Å². The SMILES string of the molecule is NCCC(N)CCc1nc(Cc2cccc(F)c2)ns1. The van der Waals surface area contributed by atoms with Gasteiger partial charge in [-0.05, 0) is 48.6 Å². The number of aromatic nitrogens is 2. The van der Waals surface area contributed by atoms with Gasteiger partial charge in [0.05, 0.1) is 0 Å². The molecule has 0 amide bonds. The van der Waals surface area contributed by atoms with E-state index in [4.69, 9.17) is 11.5 Å². The van der Waals surface area contributed by atoms with Crippen molar-refractivity contribution in [1.82, 2.24) is 9.36 Å². The van der Waals surface area contributed by atoms with Crippen molar-refractivity contribution in [2.45, 2.75) is 31.7 Å². The summed E-state index contributed by atoms with van der Waals surface area (Å²) < 4.78 is 17.4. The van der Waals surface area contributed by atoms with Crippen molar-refractivity contribution in [3.63, 3.8) is 0 Å². The summed E-state index contributed by atoms with van der Waals surface area (Å²) in [5.74, 6) is 0.508. The highest BCUT2D eigenvalue weighted by atomic mass is 32.1. The maximum atomic E-state index is 13.1. The molecule has 0 spiro atoms. The first-order valence-corrected chi connectivity index (χ1v) is 7.46. The Morgan fingerprint density at radius 2 is 2.15 bits per heavy atom. The van der Waals surface area contributed by atoms with Gasteiger partial charge in [0.25, 0.3) is 0 Å². The third-order valence-electron chi connectivity index (χ3n) is 3.03. The molecule has 6 heteroatoms. The lowest BCUT2D eigenvalue weighted by Gasteiger charge is -2.07. The van der Waals surface area contributed by atoms with Gasteiger partial charge in [-0.25, -0.2) is 9.37 Å². The first-order valence-electron chi connectivity index (χ1n) is 6.69. The van der Waals surface area contributed by atoms with Crippen molar-refractivity contribution < 1.29 is 4.39 Å². The van der Waals surface area contributed by atoms with E-state index in [-0.39, 0.29) is 11.9 Å². The molecule has 1 heterocycles. The fourth-order valence-electron chi connectivity index (χ4n) is 1.96. The predicted molar refractivity (Wildman–Crippen MR) is 79.1 cm³/mol. The van der Waals surface area contributed by atoms with Gasteiger partial charge in [0, 0.05) is 18.9 Å². The molecule has 1 atom stereocenters. The van der Waals surface area contributed by atoms with Crippen molar-refractivity contribution in [3.05, 3.63) is 46.5 Å². The molecule has 1 unspecified atom stereocenters. The van der Waals surface area contributed by atoms with Gasteiger partial charge in [0.15, 0.2) is 0 Å². The van der Waals surface area contributed by atoms with E-state index >= 15 is 0 Å². The lowest BCUT2D eigenvalue weighted by Crippen LogP contribution is -2.24. The third-order valence-corrected chi connectivity index (χ3v) is 3.84. The van der Waals surface area contributed by atoms with Crippen molar-refractivity contribution in [1.29, 1.82) is 0 Å². The maximum Gasteiger partial charge on any atom is 0.146 e. The second-order valence-corrected chi connectivity index (χ2v) is 5.62. The van der Waals surface area contributed by atoms with Crippen LogP contribution in [-0.2, 0) is 12.8 Å². The second-order valence-electron chi connectivity index (χ2n) is 4.79. The van der Waals surface area contributed by atoms with Gasteiger partial charge in [-0.3, -0.25) is 0 Å². The number of nitrogens with zero attached hydrogens (tertiary/aromatic N) is 2. The molecule has 2 aromatic rings. The lowest BCUT2D eigenvalue weighted by atomic mass is 10.1.